The number of nitrogens with one attached hydrogen (secondary N) is 1. The third-order valence-corrected chi connectivity index (χ3v) is 10.5. The Bertz CT molecular complexity index is 1910. The third kappa shape index (κ3) is 6.86. The second kappa shape index (κ2) is 13.1. The minimum Gasteiger partial charge on any atom is -0.458 e. The number of rotatable bonds is 10. The van der Waals surface area contributed by atoms with Gasteiger partial charge in [-0.3, -0.25) is 9.35 Å². The highest BCUT2D eigenvalue weighted by atomic mass is 35.5. The van der Waals surface area contributed by atoms with Gasteiger partial charge in [-0.25, -0.2) is 14.2 Å². The van der Waals surface area contributed by atoms with Crippen molar-refractivity contribution in [1.29, 1.82) is 0 Å². The Morgan fingerprint density at radius 3 is 2.63 bits per heavy atom. The van der Waals surface area contributed by atoms with Crippen molar-refractivity contribution in [2.45, 2.75) is 57.1 Å². The molecule has 3 heterocycles. The van der Waals surface area contributed by atoms with Crippen LogP contribution in [0.4, 0.5) is 9.52 Å². The first-order valence-corrected chi connectivity index (χ1v) is 17.9. The van der Waals surface area contributed by atoms with Crippen LogP contribution in [0.3, 0.4) is 0 Å². The Kier molecular flexibility index (Phi) is 9.27. The predicted molar refractivity (Wildman–Crippen MR) is 172 cm³/mol. The van der Waals surface area contributed by atoms with E-state index in [-0.39, 0.29) is 40.8 Å². The summed E-state index contributed by atoms with van der Waals surface area (Å²) < 4.78 is 57.9. The van der Waals surface area contributed by atoms with Crippen molar-refractivity contribution in [2.75, 3.05) is 23.7 Å². The molecule has 0 unspecified atom stereocenters. The van der Waals surface area contributed by atoms with Crippen molar-refractivity contribution < 1.29 is 36.2 Å². The minimum absolute atomic E-state index is 0.00458. The SMILES string of the molecule is CC[C@@H]1C[C@H](OC(=O)c2c(-c3c(Cl)cccc3Cl)noc2C2CC2)CCN1c1nc2c(F)cc(C(=O)NCCS(=O)(=O)O)cc2s1. The summed E-state index contributed by atoms with van der Waals surface area (Å²) in [7, 11) is -4.25. The lowest BCUT2D eigenvalue weighted by Gasteiger charge is -2.38. The van der Waals surface area contributed by atoms with Gasteiger partial charge in [0.25, 0.3) is 16.0 Å². The van der Waals surface area contributed by atoms with Crippen LogP contribution >= 0.6 is 34.5 Å². The molecular formula is C30H29Cl2FN4O7S2. The first-order valence-electron chi connectivity index (χ1n) is 14.7. The lowest BCUT2D eigenvalue weighted by molar-refractivity contribution is 0.0206. The molecule has 2 atom stereocenters. The Morgan fingerprint density at radius 1 is 1.22 bits per heavy atom. The summed E-state index contributed by atoms with van der Waals surface area (Å²) in [6.07, 6.45) is 3.06. The zero-order valence-corrected chi connectivity index (χ0v) is 27.6. The Morgan fingerprint density at radius 2 is 1.96 bits per heavy atom. The van der Waals surface area contributed by atoms with Gasteiger partial charge in [-0.05, 0) is 43.5 Å². The van der Waals surface area contributed by atoms with Gasteiger partial charge in [0.1, 0.15) is 22.9 Å². The number of amides is 1. The van der Waals surface area contributed by atoms with Crippen LogP contribution in [0.5, 0.6) is 0 Å². The molecule has 1 amide bonds. The lowest BCUT2D eigenvalue weighted by atomic mass is 9.97. The Labute approximate surface area is 277 Å². The van der Waals surface area contributed by atoms with Crippen molar-refractivity contribution in [3.05, 3.63) is 63.1 Å². The summed E-state index contributed by atoms with van der Waals surface area (Å²) in [5.41, 5.74) is 1.03. The normalized spacial score (nSPS) is 18.6. The maximum atomic E-state index is 15.0. The average molecular weight is 712 g/mol. The van der Waals surface area contributed by atoms with Crippen molar-refractivity contribution in [3.8, 4) is 11.3 Å². The van der Waals surface area contributed by atoms with Gasteiger partial charge in [0.15, 0.2) is 16.7 Å². The van der Waals surface area contributed by atoms with E-state index in [9.17, 15) is 18.0 Å². The smallest absolute Gasteiger partial charge is 0.344 e. The molecule has 0 bridgehead atoms. The molecule has 11 nitrogen and oxygen atoms in total. The van der Waals surface area contributed by atoms with Crippen LogP contribution in [0, 0.1) is 5.82 Å². The summed E-state index contributed by atoms with van der Waals surface area (Å²) in [6, 6.07) is 7.52. The number of carbonyl (C=O) groups excluding carboxylic acids is 2. The molecule has 0 radical (unpaired) electrons. The molecule has 16 heteroatoms. The van der Waals surface area contributed by atoms with Gasteiger partial charge in [0.2, 0.25) is 0 Å². The lowest BCUT2D eigenvalue weighted by Crippen LogP contribution is -2.45. The van der Waals surface area contributed by atoms with E-state index in [0.717, 1.165) is 18.9 Å². The van der Waals surface area contributed by atoms with Gasteiger partial charge in [-0.15, -0.1) is 0 Å². The van der Waals surface area contributed by atoms with Crippen molar-refractivity contribution in [1.82, 2.24) is 15.5 Å². The standard InChI is InChI=1S/C30H29Cl2FN4O7S2/c1-2-17-14-18(43-29(39)24-26(36-44-27(24)15-6-7-15)23-19(31)4-3-5-20(23)32)8-10-37(17)30-35-25-21(33)12-16(13-22(25)45-30)28(38)34-9-11-46(40,41)42/h3-5,12-13,15,17-18H,2,6-11,14H2,1H3,(H,34,38)(H,40,41,42)/t17-,18-/m1/s1. The summed E-state index contributed by atoms with van der Waals surface area (Å²) in [5, 5.41) is 7.80. The number of anilines is 1. The number of aromatic nitrogens is 2. The third-order valence-electron chi connectivity index (χ3n) is 8.07. The van der Waals surface area contributed by atoms with E-state index in [1.165, 1.54) is 17.4 Å². The van der Waals surface area contributed by atoms with E-state index < -0.39 is 39.7 Å². The molecule has 6 rings (SSSR count). The van der Waals surface area contributed by atoms with Gasteiger partial charge >= 0.3 is 5.97 Å². The summed E-state index contributed by atoms with van der Waals surface area (Å²) in [6.45, 7) is 2.17. The van der Waals surface area contributed by atoms with Gasteiger partial charge in [-0.1, -0.05) is 52.7 Å². The first-order chi connectivity index (χ1) is 21.9. The molecule has 1 aliphatic carbocycles. The topological polar surface area (TPSA) is 152 Å². The van der Waals surface area contributed by atoms with E-state index in [0.29, 0.717) is 57.0 Å². The second-order valence-corrected chi connectivity index (χ2v) is 14.7. The first kappa shape index (κ1) is 32.6. The molecule has 1 saturated carbocycles. The fourth-order valence-corrected chi connectivity index (χ4v) is 7.67. The van der Waals surface area contributed by atoms with Crippen LogP contribution in [-0.2, 0) is 14.9 Å². The molecule has 0 spiro atoms. The molecule has 2 fully saturated rings. The largest absolute Gasteiger partial charge is 0.458 e. The fraction of sp³-hybridized carbons (Fsp3) is 0.400. The van der Waals surface area contributed by atoms with E-state index in [4.69, 9.17) is 37.0 Å². The Balaban J connectivity index is 1.18. The highest BCUT2D eigenvalue weighted by molar-refractivity contribution is 7.85. The highest BCUT2D eigenvalue weighted by Crippen LogP contribution is 2.46. The predicted octanol–water partition coefficient (Wildman–Crippen LogP) is 6.50. The average Bonchev–Trinajstić information content (AvgIpc) is 3.60. The van der Waals surface area contributed by atoms with Crippen molar-refractivity contribution >= 4 is 71.9 Å². The van der Waals surface area contributed by atoms with Crippen molar-refractivity contribution in [2.24, 2.45) is 0 Å². The molecule has 4 aromatic rings. The van der Waals surface area contributed by atoms with E-state index in [2.05, 4.69) is 20.4 Å². The number of hydrogen-bond acceptors (Lipinski definition) is 10. The van der Waals surface area contributed by atoms with Gasteiger partial charge < -0.3 is 19.5 Å². The minimum atomic E-state index is -4.25. The fourth-order valence-electron chi connectivity index (χ4n) is 5.62. The Hall–Kier alpha value is -3.30. The summed E-state index contributed by atoms with van der Waals surface area (Å²) in [4.78, 5) is 32.8. The van der Waals surface area contributed by atoms with Crippen LogP contribution in [0.25, 0.3) is 21.5 Å². The summed E-state index contributed by atoms with van der Waals surface area (Å²) >= 11 is 14.1. The number of thiazole rings is 1. The number of esters is 1. The van der Waals surface area contributed by atoms with Crippen LogP contribution in [0.1, 0.15) is 71.4 Å². The quantitative estimate of drug-likeness (QED) is 0.138. The number of fused-ring (bicyclic) bond motifs is 1. The maximum absolute atomic E-state index is 15.0. The molecular weight excluding hydrogens is 682 g/mol. The zero-order valence-electron chi connectivity index (χ0n) is 24.5. The van der Waals surface area contributed by atoms with Gasteiger partial charge in [0, 0.05) is 49.0 Å². The number of benzene rings is 2. The van der Waals surface area contributed by atoms with Gasteiger partial charge in [-0.2, -0.15) is 8.42 Å². The number of hydrogen-bond donors (Lipinski definition) is 2. The number of ether oxygens (including phenoxy) is 1. The highest BCUT2D eigenvalue weighted by Gasteiger charge is 2.39. The second-order valence-electron chi connectivity index (χ2n) is 11.3. The molecule has 46 heavy (non-hydrogen) atoms. The zero-order chi connectivity index (χ0) is 32.7. The molecule has 1 saturated heterocycles. The number of halogens is 3. The van der Waals surface area contributed by atoms with Crippen LogP contribution < -0.4 is 10.2 Å². The monoisotopic (exact) mass is 710 g/mol. The van der Waals surface area contributed by atoms with Crippen molar-refractivity contribution in [3.63, 3.8) is 0 Å². The molecule has 2 aromatic carbocycles. The van der Waals surface area contributed by atoms with Crippen LogP contribution in [0.2, 0.25) is 10.0 Å². The van der Waals surface area contributed by atoms with Crippen LogP contribution in [0.15, 0.2) is 34.9 Å². The maximum Gasteiger partial charge on any atom is 0.344 e. The number of carbonyl (C=O) groups is 2. The molecule has 244 valence electrons. The van der Waals surface area contributed by atoms with Crippen LogP contribution in [-0.4, -0.2) is 66.0 Å². The number of piperidine rings is 1. The summed E-state index contributed by atoms with van der Waals surface area (Å²) in [5.74, 6) is -2.01. The van der Waals surface area contributed by atoms with E-state index in [1.807, 2.05) is 6.92 Å². The molecule has 2 aliphatic rings. The molecule has 2 aromatic heterocycles. The molecule has 1 aliphatic heterocycles. The van der Waals surface area contributed by atoms with E-state index >= 15 is 4.39 Å². The van der Waals surface area contributed by atoms with Gasteiger partial charge in [0.05, 0.1) is 20.5 Å². The van der Waals surface area contributed by atoms with E-state index in [1.54, 1.807) is 18.2 Å². The molecule has 2 N–H and O–H groups in total. The number of nitrogens with zero attached hydrogens (tertiary/aromatic N) is 3.